The fourth-order valence-corrected chi connectivity index (χ4v) is 2.24. The van der Waals surface area contributed by atoms with Gasteiger partial charge in [0.15, 0.2) is 0 Å². The lowest BCUT2D eigenvalue weighted by molar-refractivity contribution is 0.577. The number of imidazole rings is 1. The molecular formula is C14H19N3S. The lowest BCUT2D eigenvalue weighted by Gasteiger charge is -2.13. The molecule has 2 rings (SSSR count). The summed E-state index contributed by atoms with van der Waals surface area (Å²) in [5, 5.41) is 3.42. The number of thioether (sulfide) groups is 1. The number of nitrogens with zero attached hydrogens (tertiary/aromatic N) is 2. The highest BCUT2D eigenvalue weighted by Crippen LogP contribution is 2.18. The third kappa shape index (κ3) is 3.07. The van der Waals surface area contributed by atoms with E-state index in [0.29, 0.717) is 6.04 Å². The first-order valence-electron chi connectivity index (χ1n) is 6.09. The molecule has 1 aromatic heterocycles. The molecule has 0 bridgehead atoms. The lowest BCUT2D eigenvalue weighted by atomic mass is 10.3. The molecule has 3 nitrogen and oxygen atoms in total. The topological polar surface area (TPSA) is 29.9 Å². The molecule has 0 unspecified atom stereocenters. The Hall–Kier alpha value is -1.42. The Labute approximate surface area is 113 Å². The van der Waals surface area contributed by atoms with Crippen molar-refractivity contribution in [2.45, 2.75) is 31.3 Å². The number of rotatable bonds is 5. The van der Waals surface area contributed by atoms with Crippen LogP contribution >= 0.6 is 11.8 Å². The molecule has 0 saturated heterocycles. The van der Waals surface area contributed by atoms with Crippen molar-refractivity contribution in [3.63, 3.8) is 0 Å². The first kappa shape index (κ1) is 13.0. The first-order chi connectivity index (χ1) is 8.70. The maximum absolute atomic E-state index is 4.20. The van der Waals surface area contributed by atoms with Crippen molar-refractivity contribution in [3.8, 4) is 0 Å². The summed E-state index contributed by atoms with van der Waals surface area (Å²) in [6.45, 7) is 5.13. The summed E-state index contributed by atoms with van der Waals surface area (Å²) in [5.41, 5.74) is 2.35. The highest BCUT2D eigenvalue weighted by Gasteiger charge is 2.04. The molecule has 96 valence electrons. The van der Waals surface area contributed by atoms with E-state index in [4.69, 9.17) is 0 Å². The first-order valence-corrected chi connectivity index (χ1v) is 7.32. The van der Waals surface area contributed by atoms with Crippen LogP contribution in [-0.2, 0) is 6.54 Å². The van der Waals surface area contributed by atoms with Crippen LogP contribution in [0.3, 0.4) is 0 Å². The largest absolute Gasteiger partial charge is 0.379 e. The summed E-state index contributed by atoms with van der Waals surface area (Å²) >= 11 is 1.76. The molecule has 0 aliphatic rings. The second-order valence-electron chi connectivity index (χ2n) is 4.47. The maximum Gasteiger partial charge on any atom is 0.0951 e. The highest BCUT2D eigenvalue weighted by atomic mass is 32.2. The van der Waals surface area contributed by atoms with Crippen molar-refractivity contribution >= 4 is 17.4 Å². The van der Waals surface area contributed by atoms with Gasteiger partial charge in [0.2, 0.25) is 0 Å². The van der Waals surface area contributed by atoms with Crippen molar-refractivity contribution in [1.29, 1.82) is 0 Å². The fraction of sp³-hybridized carbons (Fsp3) is 0.357. The number of aromatic nitrogens is 2. The normalized spacial score (nSPS) is 10.9. The van der Waals surface area contributed by atoms with E-state index in [9.17, 15) is 0 Å². The summed E-state index contributed by atoms with van der Waals surface area (Å²) in [5.74, 6) is 0. The van der Waals surface area contributed by atoms with E-state index >= 15 is 0 Å². The summed E-state index contributed by atoms with van der Waals surface area (Å²) in [6.07, 6.45) is 5.89. The Bertz CT molecular complexity index is 488. The van der Waals surface area contributed by atoms with Crippen molar-refractivity contribution in [1.82, 2.24) is 9.55 Å². The molecule has 0 aliphatic carbocycles. The smallest absolute Gasteiger partial charge is 0.0951 e. The molecule has 0 saturated carbocycles. The van der Waals surface area contributed by atoms with Crippen LogP contribution in [0.15, 0.2) is 41.7 Å². The fourth-order valence-electron chi connectivity index (χ4n) is 1.84. The predicted molar refractivity (Wildman–Crippen MR) is 78.2 cm³/mol. The molecule has 1 heterocycles. The molecule has 0 amide bonds. The van der Waals surface area contributed by atoms with E-state index in [-0.39, 0.29) is 0 Å². The van der Waals surface area contributed by atoms with Crippen LogP contribution in [0.5, 0.6) is 0 Å². The molecule has 0 radical (unpaired) electrons. The molecule has 1 N–H and O–H groups in total. The van der Waals surface area contributed by atoms with Crippen molar-refractivity contribution in [2.24, 2.45) is 0 Å². The average Bonchev–Trinajstić information content (AvgIpc) is 2.85. The zero-order valence-corrected chi connectivity index (χ0v) is 11.9. The number of hydrogen-bond donors (Lipinski definition) is 1. The van der Waals surface area contributed by atoms with Crippen LogP contribution in [0.4, 0.5) is 5.69 Å². The second-order valence-corrected chi connectivity index (χ2v) is 5.35. The van der Waals surface area contributed by atoms with E-state index in [2.05, 4.69) is 59.2 Å². The van der Waals surface area contributed by atoms with E-state index in [0.717, 1.165) is 12.2 Å². The number of hydrogen-bond acceptors (Lipinski definition) is 3. The van der Waals surface area contributed by atoms with Crippen molar-refractivity contribution < 1.29 is 0 Å². The van der Waals surface area contributed by atoms with Crippen LogP contribution in [0.1, 0.15) is 25.6 Å². The summed E-state index contributed by atoms with van der Waals surface area (Å²) < 4.78 is 2.18. The van der Waals surface area contributed by atoms with Gasteiger partial charge in [0, 0.05) is 22.8 Å². The van der Waals surface area contributed by atoms with Crippen LogP contribution in [0.2, 0.25) is 0 Å². The Morgan fingerprint density at radius 3 is 2.61 bits per heavy atom. The van der Waals surface area contributed by atoms with Gasteiger partial charge < -0.3 is 9.88 Å². The Kier molecular flexibility index (Phi) is 4.31. The van der Waals surface area contributed by atoms with Gasteiger partial charge in [0.05, 0.1) is 18.6 Å². The Morgan fingerprint density at radius 2 is 2.00 bits per heavy atom. The Balaban J connectivity index is 2.00. The van der Waals surface area contributed by atoms with Crippen LogP contribution in [0.25, 0.3) is 0 Å². The van der Waals surface area contributed by atoms with Gasteiger partial charge in [0.25, 0.3) is 0 Å². The van der Waals surface area contributed by atoms with E-state index in [1.54, 1.807) is 11.8 Å². The molecule has 1 aromatic carbocycles. The number of nitrogens with one attached hydrogen (secondary N) is 1. The van der Waals surface area contributed by atoms with E-state index < -0.39 is 0 Å². The summed E-state index contributed by atoms with van der Waals surface area (Å²) in [4.78, 5) is 5.49. The maximum atomic E-state index is 4.20. The van der Waals surface area contributed by atoms with Gasteiger partial charge >= 0.3 is 0 Å². The van der Waals surface area contributed by atoms with E-state index in [1.807, 2.05) is 12.5 Å². The van der Waals surface area contributed by atoms with Gasteiger partial charge in [-0.1, -0.05) is 0 Å². The van der Waals surface area contributed by atoms with E-state index in [1.165, 1.54) is 10.6 Å². The molecule has 0 atom stereocenters. The zero-order valence-electron chi connectivity index (χ0n) is 11.1. The van der Waals surface area contributed by atoms with Gasteiger partial charge in [-0.15, -0.1) is 11.8 Å². The zero-order chi connectivity index (χ0) is 13.0. The molecule has 0 fully saturated rings. The minimum atomic E-state index is 0.447. The molecule has 2 aromatic rings. The Morgan fingerprint density at radius 1 is 1.28 bits per heavy atom. The third-order valence-electron chi connectivity index (χ3n) is 2.87. The van der Waals surface area contributed by atoms with Crippen LogP contribution < -0.4 is 5.32 Å². The average molecular weight is 261 g/mol. The van der Waals surface area contributed by atoms with Gasteiger partial charge in [-0.3, -0.25) is 0 Å². The third-order valence-corrected chi connectivity index (χ3v) is 3.61. The summed E-state index contributed by atoms with van der Waals surface area (Å²) in [7, 11) is 0. The van der Waals surface area contributed by atoms with Crippen LogP contribution in [0, 0.1) is 0 Å². The molecule has 18 heavy (non-hydrogen) atoms. The highest BCUT2D eigenvalue weighted by molar-refractivity contribution is 7.98. The minimum Gasteiger partial charge on any atom is -0.379 e. The number of benzene rings is 1. The summed E-state index contributed by atoms with van der Waals surface area (Å²) in [6, 6.07) is 8.94. The van der Waals surface area contributed by atoms with Crippen molar-refractivity contribution in [3.05, 3.63) is 42.5 Å². The molecule has 0 spiro atoms. The monoisotopic (exact) mass is 261 g/mol. The molecule has 4 heteroatoms. The van der Waals surface area contributed by atoms with Gasteiger partial charge in [-0.25, -0.2) is 4.98 Å². The van der Waals surface area contributed by atoms with Gasteiger partial charge in [0.1, 0.15) is 0 Å². The predicted octanol–water partition coefficient (Wildman–Crippen LogP) is 3.80. The van der Waals surface area contributed by atoms with Gasteiger partial charge in [-0.05, 0) is 44.4 Å². The van der Waals surface area contributed by atoms with Gasteiger partial charge in [-0.2, -0.15) is 0 Å². The van der Waals surface area contributed by atoms with Crippen LogP contribution in [-0.4, -0.2) is 15.8 Å². The standard InChI is InChI=1S/C14H19N3S/c1-11(2)17-10-15-8-13(17)9-16-12-4-6-14(18-3)7-5-12/h4-8,10-11,16H,9H2,1-3H3. The molecule has 0 aliphatic heterocycles. The number of anilines is 1. The molecular weight excluding hydrogens is 242 g/mol. The second kappa shape index (κ2) is 5.96. The minimum absolute atomic E-state index is 0.447. The van der Waals surface area contributed by atoms with Crippen molar-refractivity contribution in [2.75, 3.05) is 11.6 Å². The quantitative estimate of drug-likeness (QED) is 0.830. The lowest BCUT2D eigenvalue weighted by Crippen LogP contribution is -2.08. The SMILES string of the molecule is CSc1ccc(NCc2cncn2C(C)C)cc1.